The molecule has 0 atom stereocenters. The summed E-state index contributed by atoms with van der Waals surface area (Å²) in [6.07, 6.45) is 4.08. The molecule has 0 amide bonds. The van der Waals surface area contributed by atoms with E-state index in [-0.39, 0.29) is 0 Å². The van der Waals surface area contributed by atoms with Crippen molar-refractivity contribution in [1.29, 1.82) is 0 Å². The van der Waals surface area contributed by atoms with Crippen molar-refractivity contribution in [1.82, 2.24) is 14.3 Å². The Labute approximate surface area is 126 Å². The van der Waals surface area contributed by atoms with Gasteiger partial charge in [0, 0.05) is 44.5 Å². The molecule has 0 spiro atoms. The minimum absolute atomic E-state index is 0.500. The minimum Gasteiger partial charge on any atom is -0.354 e. The van der Waals surface area contributed by atoms with Crippen LogP contribution in [-0.2, 0) is 10.0 Å². The van der Waals surface area contributed by atoms with Crippen LogP contribution in [0.3, 0.4) is 0 Å². The maximum atomic E-state index is 11.5. The van der Waals surface area contributed by atoms with Gasteiger partial charge in [0.1, 0.15) is 5.82 Å². The molecule has 1 aliphatic rings. The van der Waals surface area contributed by atoms with E-state index < -0.39 is 10.0 Å². The standard InChI is InChI=1S/C13H23N5O2S/c1-4-5-14-13-15-10-11(2)12(16-13)17-6-8-18(9-7-17)21(3,19)20/h10H,4-9H2,1-3H3,(H,14,15,16). The highest BCUT2D eigenvalue weighted by Crippen LogP contribution is 2.20. The lowest BCUT2D eigenvalue weighted by Gasteiger charge is -2.34. The van der Waals surface area contributed by atoms with Gasteiger partial charge in [-0.3, -0.25) is 0 Å². The van der Waals surface area contributed by atoms with Gasteiger partial charge < -0.3 is 10.2 Å². The lowest BCUT2D eigenvalue weighted by molar-refractivity contribution is 0.386. The zero-order valence-electron chi connectivity index (χ0n) is 12.8. The van der Waals surface area contributed by atoms with Gasteiger partial charge in [-0.25, -0.2) is 13.4 Å². The van der Waals surface area contributed by atoms with E-state index in [1.165, 1.54) is 10.6 Å². The molecule has 118 valence electrons. The molecule has 1 aliphatic heterocycles. The predicted octanol–water partition coefficient (Wildman–Crippen LogP) is 0.689. The highest BCUT2D eigenvalue weighted by molar-refractivity contribution is 7.88. The van der Waals surface area contributed by atoms with Crippen molar-refractivity contribution < 1.29 is 8.42 Å². The van der Waals surface area contributed by atoms with Crippen LogP contribution in [0.5, 0.6) is 0 Å². The zero-order valence-corrected chi connectivity index (χ0v) is 13.7. The monoisotopic (exact) mass is 313 g/mol. The van der Waals surface area contributed by atoms with Gasteiger partial charge in [0.25, 0.3) is 0 Å². The van der Waals surface area contributed by atoms with Crippen molar-refractivity contribution in [3.05, 3.63) is 11.8 Å². The number of sulfonamides is 1. The summed E-state index contributed by atoms with van der Waals surface area (Å²) in [5, 5.41) is 3.18. The van der Waals surface area contributed by atoms with E-state index in [0.717, 1.165) is 24.3 Å². The molecule has 2 rings (SSSR count). The van der Waals surface area contributed by atoms with Crippen LogP contribution in [0.4, 0.5) is 11.8 Å². The SMILES string of the molecule is CCCNc1ncc(C)c(N2CCN(S(C)(=O)=O)CC2)n1. The molecule has 1 fully saturated rings. The van der Waals surface area contributed by atoms with Crippen molar-refractivity contribution in [2.45, 2.75) is 20.3 Å². The number of rotatable bonds is 5. The summed E-state index contributed by atoms with van der Waals surface area (Å²) in [5.74, 6) is 1.51. The van der Waals surface area contributed by atoms with Gasteiger partial charge in [-0.05, 0) is 13.3 Å². The highest BCUT2D eigenvalue weighted by Gasteiger charge is 2.25. The molecule has 0 unspecified atom stereocenters. The molecule has 1 saturated heterocycles. The van der Waals surface area contributed by atoms with Crippen LogP contribution >= 0.6 is 0 Å². The Morgan fingerprint density at radius 3 is 2.52 bits per heavy atom. The molecule has 8 heteroatoms. The quantitative estimate of drug-likeness (QED) is 0.861. The summed E-state index contributed by atoms with van der Waals surface area (Å²) in [6.45, 7) is 7.20. The molecular formula is C13H23N5O2S. The van der Waals surface area contributed by atoms with E-state index >= 15 is 0 Å². The van der Waals surface area contributed by atoms with Gasteiger partial charge in [0.15, 0.2) is 0 Å². The molecule has 1 aromatic heterocycles. The predicted molar refractivity (Wildman–Crippen MR) is 84.2 cm³/mol. The molecule has 0 aliphatic carbocycles. The maximum absolute atomic E-state index is 11.5. The Morgan fingerprint density at radius 2 is 1.95 bits per heavy atom. The van der Waals surface area contributed by atoms with Crippen LogP contribution in [0.2, 0.25) is 0 Å². The number of nitrogens with one attached hydrogen (secondary N) is 1. The normalized spacial score (nSPS) is 17.0. The Hall–Kier alpha value is -1.41. The Morgan fingerprint density at radius 1 is 1.29 bits per heavy atom. The van der Waals surface area contributed by atoms with Gasteiger partial charge >= 0.3 is 0 Å². The molecule has 1 N–H and O–H groups in total. The molecule has 0 radical (unpaired) electrons. The minimum atomic E-state index is -3.10. The first-order valence-corrected chi connectivity index (χ1v) is 9.04. The second-order valence-electron chi connectivity index (χ2n) is 5.28. The number of hydrogen-bond acceptors (Lipinski definition) is 6. The van der Waals surface area contributed by atoms with E-state index in [1.54, 1.807) is 0 Å². The average Bonchev–Trinajstić information content (AvgIpc) is 2.46. The lowest BCUT2D eigenvalue weighted by Crippen LogP contribution is -2.48. The van der Waals surface area contributed by atoms with Gasteiger partial charge in [-0.1, -0.05) is 6.92 Å². The first-order valence-electron chi connectivity index (χ1n) is 7.19. The first-order chi connectivity index (χ1) is 9.91. The molecule has 0 bridgehead atoms. The first kappa shape index (κ1) is 16.0. The summed E-state index contributed by atoms with van der Waals surface area (Å²) >= 11 is 0. The fraction of sp³-hybridized carbons (Fsp3) is 0.692. The summed E-state index contributed by atoms with van der Waals surface area (Å²) in [5.41, 5.74) is 1.00. The van der Waals surface area contributed by atoms with Gasteiger partial charge in [-0.2, -0.15) is 9.29 Å². The van der Waals surface area contributed by atoms with Crippen molar-refractivity contribution in [2.75, 3.05) is 49.2 Å². The topological polar surface area (TPSA) is 78.4 Å². The van der Waals surface area contributed by atoms with E-state index in [0.29, 0.717) is 32.1 Å². The van der Waals surface area contributed by atoms with Crippen molar-refractivity contribution in [3.63, 3.8) is 0 Å². The molecule has 21 heavy (non-hydrogen) atoms. The van der Waals surface area contributed by atoms with Crippen molar-refractivity contribution in [3.8, 4) is 0 Å². The molecular weight excluding hydrogens is 290 g/mol. The fourth-order valence-corrected chi connectivity index (χ4v) is 3.13. The lowest BCUT2D eigenvalue weighted by atomic mass is 10.3. The van der Waals surface area contributed by atoms with E-state index in [4.69, 9.17) is 0 Å². The van der Waals surface area contributed by atoms with Crippen molar-refractivity contribution in [2.24, 2.45) is 0 Å². The largest absolute Gasteiger partial charge is 0.354 e. The number of aromatic nitrogens is 2. The van der Waals surface area contributed by atoms with E-state index in [9.17, 15) is 8.42 Å². The smallest absolute Gasteiger partial charge is 0.224 e. The van der Waals surface area contributed by atoms with Gasteiger partial charge in [0.05, 0.1) is 6.26 Å². The number of hydrogen-bond donors (Lipinski definition) is 1. The van der Waals surface area contributed by atoms with Crippen LogP contribution in [0, 0.1) is 6.92 Å². The highest BCUT2D eigenvalue weighted by atomic mass is 32.2. The average molecular weight is 313 g/mol. The van der Waals surface area contributed by atoms with E-state index in [2.05, 4.69) is 27.1 Å². The molecule has 0 saturated carbocycles. The fourth-order valence-electron chi connectivity index (χ4n) is 2.31. The summed E-state index contributed by atoms with van der Waals surface area (Å²) < 4.78 is 24.6. The maximum Gasteiger partial charge on any atom is 0.224 e. The second kappa shape index (κ2) is 6.57. The molecule has 1 aromatic rings. The van der Waals surface area contributed by atoms with Crippen LogP contribution in [-0.4, -0.2) is 61.7 Å². The number of anilines is 2. The Kier molecular flexibility index (Phi) is 5.00. The summed E-state index contributed by atoms with van der Waals surface area (Å²) in [6, 6.07) is 0. The number of aryl methyl sites for hydroxylation is 1. The Balaban J connectivity index is 2.09. The number of nitrogens with zero attached hydrogens (tertiary/aromatic N) is 4. The molecule has 2 heterocycles. The van der Waals surface area contributed by atoms with Gasteiger partial charge in [-0.15, -0.1) is 0 Å². The second-order valence-corrected chi connectivity index (χ2v) is 7.26. The van der Waals surface area contributed by atoms with Crippen LogP contribution < -0.4 is 10.2 Å². The summed E-state index contributed by atoms with van der Waals surface area (Å²) in [7, 11) is -3.10. The third-order valence-corrected chi connectivity index (χ3v) is 4.79. The molecule has 0 aromatic carbocycles. The zero-order chi connectivity index (χ0) is 15.5. The van der Waals surface area contributed by atoms with Crippen LogP contribution in [0.1, 0.15) is 18.9 Å². The van der Waals surface area contributed by atoms with Gasteiger partial charge in [0.2, 0.25) is 16.0 Å². The van der Waals surface area contributed by atoms with Crippen LogP contribution in [0.25, 0.3) is 0 Å². The third kappa shape index (κ3) is 4.04. The summed E-state index contributed by atoms with van der Waals surface area (Å²) in [4.78, 5) is 10.9. The Bertz CT molecular complexity index is 582. The van der Waals surface area contributed by atoms with Crippen LogP contribution in [0.15, 0.2) is 6.20 Å². The van der Waals surface area contributed by atoms with E-state index in [1.807, 2.05) is 13.1 Å². The van der Waals surface area contributed by atoms with Crippen molar-refractivity contribution >= 4 is 21.8 Å². The third-order valence-electron chi connectivity index (χ3n) is 3.49. The number of piperazine rings is 1. The molecule has 7 nitrogen and oxygen atoms in total.